The zero-order valence-electron chi connectivity index (χ0n) is 17.8. The molecular formula is C21H36O5. The first-order valence-electron chi connectivity index (χ1n) is 9.27. The molecule has 0 aromatic heterocycles. The Morgan fingerprint density at radius 3 is 2.08 bits per heavy atom. The molecular weight excluding hydrogens is 332 g/mol. The smallest absolute Gasteiger partial charge is 0.334 e. The second kappa shape index (κ2) is 7.71. The number of esters is 2. The standard InChI is InChI=1S/C21H36O5/c1-15(12-16(22)24-9)17(23)25-19(4,5)14-20(6,7)26-21(8)11-10-18(2,3)13-21/h1,10-14H2,2-9H3. The van der Waals surface area contributed by atoms with E-state index < -0.39 is 23.1 Å². The van der Waals surface area contributed by atoms with E-state index in [1.807, 2.05) is 27.7 Å². The maximum Gasteiger partial charge on any atom is 0.334 e. The van der Waals surface area contributed by atoms with Gasteiger partial charge in [-0.2, -0.15) is 0 Å². The zero-order valence-corrected chi connectivity index (χ0v) is 17.8. The molecule has 0 spiro atoms. The van der Waals surface area contributed by atoms with Crippen molar-refractivity contribution in [2.24, 2.45) is 5.41 Å². The summed E-state index contributed by atoms with van der Waals surface area (Å²) in [5.74, 6) is -1.09. The summed E-state index contributed by atoms with van der Waals surface area (Å²) in [6.07, 6.45) is 3.55. The molecule has 5 heteroatoms. The summed E-state index contributed by atoms with van der Waals surface area (Å²) < 4.78 is 16.6. The van der Waals surface area contributed by atoms with Crippen LogP contribution in [0.1, 0.15) is 80.6 Å². The SMILES string of the molecule is C=C(CC(=O)OC)C(=O)OC(C)(C)CC(C)(C)OC1(C)CCC(C)(C)C1. The molecule has 1 aliphatic rings. The Kier molecular flexibility index (Phi) is 6.73. The molecule has 1 aliphatic carbocycles. The number of carbonyl (C=O) groups excluding carboxylic acids is 2. The van der Waals surface area contributed by atoms with E-state index in [4.69, 9.17) is 9.47 Å². The van der Waals surface area contributed by atoms with Gasteiger partial charge in [-0.25, -0.2) is 4.79 Å². The van der Waals surface area contributed by atoms with Crippen LogP contribution in [-0.4, -0.2) is 35.9 Å². The number of methoxy groups -OCH3 is 1. The molecule has 26 heavy (non-hydrogen) atoms. The topological polar surface area (TPSA) is 61.8 Å². The Labute approximate surface area is 158 Å². The lowest BCUT2D eigenvalue weighted by Gasteiger charge is -2.41. The minimum absolute atomic E-state index is 0.0909. The fourth-order valence-corrected chi connectivity index (χ4v) is 4.29. The Hall–Kier alpha value is -1.36. The van der Waals surface area contributed by atoms with Crippen LogP contribution < -0.4 is 0 Å². The first-order valence-corrected chi connectivity index (χ1v) is 9.27. The molecule has 150 valence electrons. The summed E-state index contributed by atoms with van der Waals surface area (Å²) in [7, 11) is 1.27. The molecule has 5 nitrogen and oxygen atoms in total. The molecule has 0 aliphatic heterocycles. The van der Waals surface area contributed by atoms with Crippen LogP contribution in [-0.2, 0) is 23.8 Å². The third-order valence-electron chi connectivity index (χ3n) is 4.80. The summed E-state index contributed by atoms with van der Waals surface area (Å²) in [4.78, 5) is 23.5. The van der Waals surface area contributed by atoms with E-state index in [2.05, 4.69) is 32.1 Å². The van der Waals surface area contributed by atoms with Gasteiger partial charge in [-0.1, -0.05) is 20.4 Å². The van der Waals surface area contributed by atoms with Crippen molar-refractivity contribution in [1.29, 1.82) is 0 Å². The van der Waals surface area contributed by atoms with Crippen LogP contribution in [0.3, 0.4) is 0 Å². The Balaban J connectivity index is 2.67. The fourth-order valence-electron chi connectivity index (χ4n) is 4.29. The predicted octanol–water partition coefficient (Wildman–Crippen LogP) is 4.58. The number of ether oxygens (including phenoxy) is 3. The summed E-state index contributed by atoms with van der Waals surface area (Å²) in [5.41, 5.74) is -0.986. The highest BCUT2D eigenvalue weighted by molar-refractivity contribution is 5.93. The maximum absolute atomic E-state index is 12.2. The van der Waals surface area contributed by atoms with Crippen molar-refractivity contribution in [3.63, 3.8) is 0 Å². The van der Waals surface area contributed by atoms with Gasteiger partial charge >= 0.3 is 11.9 Å². The summed E-state index contributed by atoms with van der Waals surface area (Å²) in [6.45, 7) is 18.1. The highest BCUT2D eigenvalue weighted by atomic mass is 16.6. The van der Waals surface area contributed by atoms with Gasteiger partial charge in [0.1, 0.15) is 5.60 Å². The summed E-state index contributed by atoms with van der Waals surface area (Å²) in [5, 5.41) is 0. The van der Waals surface area contributed by atoms with E-state index in [0.717, 1.165) is 19.3 Å². The van der Waals surface area contributed by atoms with E-state index >= 15 is 0 Å². The highest BCUT2D eigenvalue weighted by Gasteiger charge is 2.45. The lowest BCUT2D eigenvalue weighted by atomic mass is 9.88. The average molecular weight is 369 g/mol. The van der Waals surface area contributed by atoms with Crippen molar-refractivity contribution in [3.05, 3.63) is 12.2 Å². The van der Waals surface area contributed by atoms with Crippen LogP contribution in [0.25, 0.3) is 0 Å². The molecule has 1 fully saturated rings. The molecule has 1 rings (SSSR count). The second-order valence-electron chi connectivity index (χ2n) is 9.84. The molecule has 1 saturated carbocycles. The molecule has 0 heterocycles. The summed E-state index contributed by atoms with van der Waals surface area (Å²) >= 11 is 0. The molecule has 0 aromatic carbocycles. The second-order valence-corrected chi connectivity index (χ2v) is 9.84. The highest BCUT2D eigenvalue weighted by Crippen LogP contribution is 2.47. The van der Waals surface area contributed by atoms with Crippen LogP contribution in [0.4, 0.5) is 0 Å². The van der Waals surface area contributed by atoms with E-state index in [9.17, 15) is 9.59 Å². The van der Waals surface area contributed by atoms with Crippen LogP contribution in [0.5, 0.6) is 0 Å². The predicted molar refractivity (Wildman–Crippen MR) is 102 cm³/mol. The van der Waals surface area contributed by atoms with Crippen LogP contribution in [0.15, 0.2) is 12.2 Å². The van der Waals surface area contributed by atoms with Crippen LogP contribution >= 0.6 is 0 Å². The third-order valence-corrected chi connectivity index (χ3v) is 4.80. The van der Waals surface area contributed by atoms with E-state index in [0.29, 0.717) is 11.8 Å². The minimum Gasteiger partial charge on any atom is -0.469 e. The molecule has 0 radical (unpaired) electrons. The quantitative estimate of drug-likeness (QED) is 0.463. The number of rotatable bonds is 8. The number of hydrogen-bond donors (Lipinski definition) is 0. The lowest BCUT2D eigenvalue weighted by molar-refractivity contribution is -0.174. The van der Waals surface area contributed by atoms with Crippen molar-refractivity contribution >= 4 is 11.9 Å². The van der Waals surface area contributed by atoms with Crippen molar-refractivity contribution < 1.29 is 23.8 Å². The molecule has 1 atom stereocenters. The van der Waals surface area contributed by atoms with Gasteiger partial charge in [-0.15, -0.1) is 0 Å². The molecule has 0 amide bonds. The third kappa shape index (κ3) is 7.10. The van der Waals surface area contributed by atoms with Crippen molar-refractivity contribution in [2.75, 3.05) is 7.11 Å². The normalized spacial score (nSPS) is 22.8. The molecule has 1 unspecified atom stereocenters. The van der Waals surface area contributed by atoms with Gasteiger partial charge in [-0.3, -0.25) is 4.79 Å². The van der Waals surface area contributed by atoms with Crippen LogP contribution in [0.2, 0.25) is 0 Å². The van der Waals surface area contributed by atoms with Gasteiger partial charge in [0.15, 0.2) is 0 Å². The molecule has 0 N–H and O–H groups in total. The number of hydrogen-bond acceptors (Lipinski definition) is 5. The number of carbonyl (C=O) groups is 2. The zero-order chi connectivity index (χ0) is 20.4. The first-order chi connectivity index (χ1) is 11.6. The Morgan fingerprint density at radius 1 is 1.04 bits per heavy atom. The van der Waals surface area contributed by atoms with E-state index in [-0.39, 0.29) is 17.6 Å². The Bertz CT molecular complexity index is 559. The van der Waals surface area contributed by atoms with Crippen molar-refractivity contribution in [1.82, 2.24) is 0 Å². The Morgan fingerprint density at radius 2 is 1.62 bits per heavy atom. The van der Waals surface area contributed by atoms with Crippen LogP contribution in [0, 0.1) is 5.41 Å². The van der Waals surface area contributed by atoms with Gasteiger partial charge in [0.2, 0.25) is 0 Å². The van der Waals surface area contributed by atoms with Gasteiger partial charge < -0.3 is 14.2 Å². The lowest BCUT2D eigenvalue weighted by Crippen LogP contribution is -2.44. The van der Waals surface area contributed by atoms with E-state index in [1.54, 1.807) is 0 Å². The minimum atomic E-state index is -0.746. The average Bonchev–Trinajstić information content (AvgIpc) is 2.68. The van der Waals surface area contributed by atoms with Gasteiger partial charge in [0, 0.05) is 12.0 Å². The van der Waals surface area contributed by atoms with E-state index in [1.165, 1.54) is 7.11 Å². The van der Waals surface area contributed by atoms with Gasteiger partial charge in [0.05, 0.1) is 24.7 Å². The maximum atomic E-state index is 12.2. The largest absolute Gasteiger partial charge is 0.469 e. The first kappa shape index (κ1) is 22.7. The molecule has 0 saturated heterocycles. The summed E-state index contributed by atoms with van der Waals surface area (Å²) in [6, 6.07) is 0. The van der Waals surface area contributed by atoms with Crippen molar-refractivity contribution in [3.8, 4) is 0 Å². The monoisotopic (exact) mass is 368 g/mol. The van der Waals surface area contributed by atoms with Crippen molar-refractivity contribution in [2.45, 2.75) is 97.4 Å². The fraction of sp³-hybridized carbons (Fsp3) is 0.810. The molecule has 0 bridgehead atoms. The van der Waals surface area contributed by atoms with Gasteiger partial charge in [0.25, 0.3) is 0 Å². The van der Waals surface area contributed by atoms with Gasteiger partial charge in [-0.05, 0) is 59.3 Å². The molecule has 0 aromatic rings.